The molecule has 0 aromatic heterocycles. The molecule has 0 saturated carbocycles. The van der Waals surface area contributed by atoms with Crippen LogP contribution in [0.4, 0.5) is 0 Å². The van der Waals surface area contributed by atoms with Crippen LogP contribution in [0.2, 0.25) is 0 Å². The molecule has 0 bridgehead atoms. The first kappa shape index (κ1) is 19.8. The molecule has 4 N–H and O–H groups in total. The number of carbonyl (C=O) groups is 1. The zero-order valence-electron chi connectivity index (χ0n) is 11.7. The predicted octanol–water partition coefficient (Wildman–Crippen LogP) is -0.980. The molecule has 1 aliphatic heterocycles. The number of aliphatic hydroxyl groups excluding tert-OH is 3. The minimum atomic E-state index is -0.991. The number of hydrogen-bond acceptors (Lipinski definition) is 6. The Labute approximate surface area is 149 Å². The van der Waals surface area contributed by atoms with Crippen molar-refractivity contribution in [3.8, 4) is 0 Å². The molecule has 0 aliphatic carbocycles. The van der Waals surface area contributed by atoms with Gasteiger partial charge in [-0.05, 0) is 27.2 Å². The van der Waals surface area contributed by atoms with Crippen molar-refractivity contribution in [2.24, 2.45) is 5.92 Å². The molecule has 0 spiro atoms. The van der Waals surface area contributed by atoms with Crippen LogP contribution in [0.5, 0.6) is 0 Å². The van der Waals surface area contributed by atoms with E-state index in [4.69, 9.17) is 9.84 Å². The Balaban J connectivity index is 0.00000324. The molecule has 1 fully saturated rings. The maximum atomic E-state index is 11.9. The van der Waals surface area contributed by atoms with Crippen molar-refractivity contribution in [3.05, 3.63) is 0 Å². The molecule has 6 nitrogen and oxygen atoms in total. The van der Waals surface area contributed by atoms with Gasteiger partial charge in [0.1, 0.15) is 11.6 Å². The van der Waals surface area contributed by atoms with Crippen molar-refractivity contribution >= 4 is 5.97 Å². The molecule has 1 saturated heterocycles. The van der Waals surface area contributed by atoms with E-state index in [-0.39, 0.29) is 56.6 Å². The normalized spacial score (nSPS) is 28.6. The molecule has 7 heteroatoms. The number of esters is 1. The molecule has 19 heavy (non-hydrogen) atoms. The zero-order chi connectivity index (χ0) is 13.9. The molecule has 1 radical (unpaired) electrons. The summed E-state index contributed by atoms with van der Waals surface area (Å²) in [4.78, 5) is 11.9. The molecule has 1 unspecified atom stereocenters. The molecule has 0 aromatic rings. The first-order valence-corrected chi connectivity index (χ1v) is 6.17. The SMILES string of the molecule is CC(C)(C)OC(=O)[C@H]1C[C@@H](CO)[C@H](C(O)CO)N1.[Ac]. The average Bonchev–Trinajstić information content (AvgIpc) is 2.69. The summed E-state index contributed by atoms with van der Waals surface area (Å²) in [5.41, 5.74) is -0.568. The summed E-state index contributed by atoms with van der Waals surface area (Å²) >= 11 is 0. The first-order chi connectivity index (χ1) is 8.28. The van der Waals surface area contributed by atoms with Crippen LogP contribution in [0, 0.1) is 50.0 Å². The van der Waals surface area contributed by atoms with Crippen LogP contribution in [-0.4, -0.2) is 58.3 Å². The van der Waals surface area contributed by atoms with Gasteiger partial charge in [0.05, 0.1) is 12.7 Å². The third-order valence-corrected chi connectivity index (χ3v) is 2.97. The van der Waals surface area contributed by atoms with Crippen LogP contribution in [-0.2, 0) is 9.53 Å². The van der Waals surface area contributed by atoms with Gasteiger partial charge in [-0.25, -0.2) is 0 Å². The number of hydrogen-bond donors (Lipinski definition) is 4. The van der Waals surface area contributed by atoms with Crippen LogP contribution in [0.25, 0.3) is 0 Å². The van der Waals surface area contributed by atoms with Crippen molar-refractivity contribution in [2.45, 2.75) is 51.0 Å². The Hall–Kier alpha value is 0.752. The molecule has 4 atom stereocenters. The fourth-order valence-corrected chi connectivity index (χ4v) is 2.15. The van der Waals surface area contributed by atoms with E-state index < -0.39 is 36.4 Å². The van der Waals surface area contributed by atoms with Gasteiger partial charge < -0.3 is 20.1 Å². The third kappa shape index (κ3) is 5.94. The summed E-state index contributed by atoms with van der Waals surface area (Å²) < 4.78 is 5.25. The fourth-order valence-electron chi connectivity index (χ4n) is 2.15. The largest absolute Gasteiger partial charge is 0.459 e. The predicted molar refractivity (Wildman–Crippen MR) is 64.8 cm³/mol. The van der Waals surface area contributed by atoms with Gasteiger partial charge in [-0.3, -0.25) is 10.1 Å². The van der Waals surface area contributed by atoms with Crippen LogP contribution < -0.4 is 5.32 Å². The van der Waals surface area contributed by atoms with Crippen LogP contribution in [0.1, 0.15) is 27.2 Å². The summed E-state index contributed by atoms with van der Waals surface area (Å²) in [5.74, 6) is -0.654. The molecule has 1 aliphatic rings. The van der Waals surface area contributed by atoms with E-state index in [1.807, 2.05) is 0 Å². The molecule has 0 amide bonds. The molecular formula is C12H23AcNO5. The van der Waals surface area contributed by atoms with Crippen molar-refractivity contribution in [3.63, 3.8) is 0 Å². The van der Waals surface area contributed by atoms with E-state index in [9.17, 15) is 15.0 Å². The van der Waals surface area contributed by atoms with Gasteiger partial charge in [0.25, 0.3) is 0 Å². The quantitative estimate of drug-likeness (QED) is 0.380. The number of ether oxygens (including phenoxy) is 1. The minimum absolute atomic E-state index is 0. The third-order valence-electron chi connectivity index (χ3n) is 2.97. The van der Waals surface area contributed by atoms with Gasteiger partial charge in [0.2, 0.25) is 0 Å². The van der Waals surface area contributed by atoms with Gasteiger partial charge in [0, 0.05) is 62.6 Å². The van der Waals surface area contributed by atoms with E-state index in [0.717, 1.165) is 0 Å². The molecule has 109 valence electrons. The number of aliphatic hydroxyl groups is 3. The standard InChI is InChI=1S/C12H23NO5.Ac/c1-12(2,3)18-11(17)8-4-7(5-14)10(13-8)9(16)6-15;/h7-10,13-16H,4-6H2,1-3H3;/t7-,8+,9?,10+;/m0./s1. The molecular weight excluding hydrogens is 465 g/mol. The van der Waals surface area contributed by atoms with Gasteiger partial charge in [0.15, 0.2) is 0 Å². The van der Waals surface area contributed by atoms with Gasteiger partial charge in [-0.15, -0.1) is 0 Å². The summed E-state index contributed by atoms with van der Waals surface area (Å²) in [5, 5.41) is 30.7. The van der Waals surface area contributed by atoms with Crippen molar-refractivity contribution < 1.29 is 68.9 Å². The van der Waals surface area contributed by atoms with Gasteiger partial charge in [-0.2, -0.15) is 0 Å². The topological polar surface area (TPSA) is 99.0 Å². The Morgan fingerprint density at radius 1 is 1.42 bits per heavy atom. The zero-order valence-corrected chi connectivity index (χ0v) is 16.4. The Kier molecular flexibility index (Phi) is 8.58. The second-order valence-corrected chi connectivity index (χ2v) is 5.71. The van der Waals surface area contributed by atoms with E-state index >= 15 is 0 Å². The van der Waals surface area contributed by atoms with E-state index in [1.165, 1.54) is 0 Å². The Morgan fingerprint density at radius 3 is 2.42 bits per heavy atom. The second-order valence-electron chi connectivity index (χ2n) is 5.71. The van der Waals surface area contributed by atoms with Crippen LogP contribution >= 0.6 is 0 Å². The van der Waals surface area contributed by atoms with Crippen molar-refractivity contribution in [1.82, 2.24) is 5.32 Å². The van der Waals surface area contributed by atoms with E-state index in [2.05, 4.69) is 5.32 Å². The molecule has 1 rings (SSSR count). The summed E-state index contributed by atoms with van der Waals surface area (Å²) in [7, 11) is 0. The smallest absolute Gasteiger partial charge is 0.323 e. The van der Waals surface area contributed by atoms with Crippen molar-refractivity contribution in [2.75, 3.05) is 13.2 Å². The van der Waals surface area contributed by atoms with Gasteiger partial charge in [-0.1, -0.05) is 0 Å². The second kappa shape index (κ2) is 8.26. The number of carbonyl (C=O) groups excluding carboxylic acids is 1. The monoisotopic (exact) mass is 488 g/mol. The Bertz CT molecular complexity index is 294. The maximum absolute atomic E-state index is 11.9. The van der Waals surface area contributed by atoms with E-state index in [0.29, 0.717) is 6.42 Å². The van der Waals surface area contributed by atoms with Gasteiger partial charge >= 0.3 is 5.97 Å². The average molecular weight is 488 g/mol. The summed E-state index contributed by atoms with van der Waals surface area (Å²) in [6.45, 7) is 4.79. The van der Waals surface area contributed by atoms with E-state index in [1.54, 1.807) is 20.8 Å². The maximum Gasteiger partial charge on any atom is 0.323 e. The fraction of sp³-hybridized carbons (Fsp3) is 0.917. The van der Waals surface area contributed by atoms with Crippen LogP contribution in [0.15, 0.2) is 0 Å². The number of nitrogens with one attached hydrogen (secondary N) is 1. The molecule has 0 aromatic carbocycles. The number of rotatable bonds is 4. The summed E-state index contributed by atoms with van der Waals surface area (Å²) in [6.07, 6.45) is -0.595. The Morgan fingerprint density at radius 2 is 2.00 bits per heavy atom. The summed E-state index contributed by atoms with van der Waals surface area (Å²) in [6, 6.07) is -1.04. The minimum Gasteiger partial charge on any atom is -0.459 e. The van der Waals surface area contributed by atoms with Crippen molar-refractivity contribution in [1.29, 1.82) is 0 Å². The van der Waals surface area contributed by atoms with Crippen LogP contribution in [0.3, 0.4) is 0 Å². The first-order valence-electron chi connectivity index (χ1n) is 6.17. The molecule has 1 heterocycles.